The zero-order valence-electron chi connectivity index (χ0n) is 20.4. The zero-order valence-corrected chi connectivity index (χ0v) is 20.4. The Labute approximate surface area is 215 Å². The van der Waals surface area contributed by atoms with Crippen molar-refractivity contribution in [3.63, 3.8) is 0 Å². The van der Waals surface area contributed by atoms with Crippen molar-refractivity contribution in [3.8, 4) is 17.1 Å². The Balaban J connectivity index is 1.72. The molecule has 1 heterocycles. The molecule has 1 fully saturated rings. The number of primary amides is 1. The van der Waals surface area contributed by atoms with E-state index < -0.39 is 58.0 Å². The Kier molecular flexibility index (Phi) is 5.69. The van der Waals surface area contributed by atoms with E-state index in [1.165, 1.54) is 25.1 Å². The smallest absolute Gasteiger partial charge is 0.255 e. The monoisotopic (exact) mass is 523 g/mol. The van der Waals surface area contributed by atoms with Crippen LogP contribution in [0.4, 0.5) is 0 Å². The predicted octanol–water partition coefficient (Wildman–Crippen LogP) is 1.03. The Morgan fingerprint density at radius 3 is 2.53 bits per heavy atom. The van der Waals surface area contributed by atoms with Crippen LogP contribution in [0.15, 0.2) is 50.7 Å². The quantitative estimate of drug-likeness (QED) is 0.145. The number of amides is 1. The topological polar surface area (TPSA) is 207 Å². The van der Waals surface area contributed by atoms with Gasteiger partial charge in [0.2, 0.25) is 5.78 Å². The third kappa shape index (κ3) is 3.30. The van der Waals surface area contributed by atoms with Gasteiger partial charge in [-0.05, 0) is 62.7 Å². The molecule has 0 unspecified atom stereocenters. The molecule has 38 heavy (non-hydrogen) atoms. The first-order valence-corrected chi connectivity index (χ1v) is 11.7. The highest BCUT2D eigenvalue weighted by atomic mass is 16.4. The van der Waals surface area contributed by atoms with E-state index in [1.807, 2.05) is 0 Å². The van der Waals surface area contributed by atoms with Crippen molar-refractivity contribution < 1.29 is 44.4 Å². The number of carbonyl (C=O) groups is 3. The van der Waals surface area contributed by atoms with Crippen LogP contribution in [0.5, 0.6) is 5.75 Å². The SMILES string of the molecule is CN(C)[C@H]1C(=O)C(C(N)=O)=C(O)[C@@]2(O)C(=O)C3=C(O)c4c(O)ccc(-c5ccc(/C=N/O)o5)c4C[C@H]3C[C@@H]12. The number of aliphatic hydroxyl groups excluding tert-OH is 2. The van der Waals surface area contributed by atoms with Gasteiger partial charge >= 0.3 is 0 Å². The van der Waals surface area contributed by atoms with E-state index in [2.05, 4.69) is 5.16 Å². The van der Waals surface area contributed by atoms with Crippen molar-refractivity contribution in [1.82, 2.24) is 4.90 Å². The second-order valence-corrected chi connectivity index (χ2v) is 9.89. The molecule has 198 valence electrons. The van der Waals surface area contributed by atoms with Gasteiger partial charge < -0.3 is 35.8 Å². The second-order valence-electron chi connectivity index (χ2n) is 9.89. The van der Waals surface area contributed by atoms with Crippen molar-refractivity contribution in [2.24, 2.45) is 22.7 Å². The number of fused-ring (bicyclic) bond motifs is 3. The van der Waals surface area contributed by atoms with Crippen LogP contribution < -0.4 is 5.73 Å². The minimum Gasteiger partial charge on any atom is -0.508 e. The fourth-order valence-corrected chi connectivity index (χ4v) is 6.10. The molecule has 3 aliphatic carbocycles. The maximum Gasteiger partial charge on any atom is 0.255 e. The molecule has 1 saturated carbocycles. The first kappa shape index (κ1) is 25.2. The van der Waals surface area contributed by atoms with Gasteiger partial charge in [-0.2, -0.15) is 0 Å². The van der Waals surface area contributed by atoms with Gasteiger partial charge in [0.15, 0.2) is 11.4 Å². The zero-order chi connectivity index (χ0) is 27.7. The molecule has 2 aromatic rings. The number of phenolic OH excluding ortho intramolecular Hbond substituents is 1. The number of rotatable bonds is 4. The fraction of sp³-hybridized carbons (Fsp3) is 0.308. The highest BCUT2D eigenvalue weighted by Crippen LogP contribution is 2.53. The second kappa shape index (κ2) is 8.57. The van der Waals surface area contributed by atoms with Crippen LogP contribution in [0.3, 0.4) is 0 Å². The lowest BCUT2D eigenvalue weighted by Crippen LogP contribution is -2.65. The summed E-state index contributed by atoms with van der Waals surface area (Å²) in [6.07, 6.45) is 1.18. The first-order chi connectivity index (χ1) is 17.9. The third-order valence-electron chi connectivity index (χ3n) is 7.68. The van der Waals surface area contributed by atoms with Gasteiger partial charge in [-0.25, -0.2) is 0 Å². The molecule has 0 aliphatic heterocycles. The van der Waals surface area contributed by atoms with Gasteiger partial charge in [0.25, 0.3) is 5.91 Å². The van der Waals surface area contributed by atoms with E-state index in [0.717, 1.165) is 6.21 Å². The molecule has 1 aromatic carbocycles. The van der Waals surface area contributed by atoms with Crippen molar-refractivity contribution in [2.75, 3.05) is 14.1 Å². The summed E-state index contributed by atoms with van der Waals surface area (Å²) >= 11 is 0. The molecule has 12 nitrogen and oxygen atoms in total. The molecule has 0 radical (unpaired) electrons. The largest absolute Gasteiger partial charge is 0.508 e. The van der Waals surface area contributed by atoms with Crippen LogP contribution in [0.1, 0.15) is 23.3 Å². The van der Waals surface area contributed by atoms with Crippen LogP contribution in [-0.2, 0) is 20.8 Å². The number of furan rings is 1. The van der Waals surface area contributed by atoms with E-state index >= 15 is 0 Å². The Morgan fingerprint density at radius 2 is 1.89 bits per heavy atom. The summed E-state index contributed by atoms with van der Waals surface area (Å²) in [6, 6.07) is 4.89. The summed E-state index contributed by atoms with van der Waals surface area (Å²) in [5.41, 5.74) is 2.43. The van der Waals surface area contributed by atoms with Gasteiger partial charge in [0.05, 0.1) is 11.6 Å². The number of oxime groups is 1. The third-order valence-corrected chi connectivity index (χ3v) is 7.68. The van der Waals surface area contributed by atoms with Gasteiger partial charge in [0, 0.05) is 17.1 Å². The summed E-state index contributed by atoms with van der Waals surface area (Å²) in [5.74, 6) is -6.54. The summed E-state index contributed by atoms with van der Waals surface area (Å²) in [7, 11) is 3.07. The van der Waals surface area contributed by atoms with Crippen molar-refractivity contribution >= 4 is 29.4 Å². The molecular weight excluding hydrogens is 498 g/mol. The highest BCUT2D eigenvalue weighted by Gasteiger charge is 2.64. The summed E-state index contributed by atoms with van der Waals surface area (Å²) in [4.78, 5) is 40.5. The molecule has 3 aliphatic rings. The lowest BCUT2D eigenvalue weighted by atomic mass is 9.57. The molecule has 1 aromatic heterocycles. The first-order valence-electron chi connectivity index (χ1n) is 11.7. The molecule has 0 spiro atoms. The number of hydrogen-bond donors (Lipinski definition) is 6. The molecule has 0 saturated heterocycles. The van der Waals surface area contributed by atoms with Crippen LogP contribution >= 0.6 is 0 Å². The number of aromatic hydroxyl groups is 1. The lowest BCUT2D eigenvalue weighted by Gasteiger charge is -2.50. The number of phenols is 1. The summed E-state index contributed by atoms with van der Waals surface area (Å²) in [6.45, 7) is 0. The highest BCUT2D eigenvalue weighted by molar-refractivity contribution is 6.24. The van der Waals surface area contributed by atoms with Crippen LogP contribution in [0.25, 0.3) is 17.1 Å². The van der Waals surface area contributed by atoms with Gasteiger partial charge in [-0.3, -0.25) is 19.3 Å². The predicted molar refractivity (Wildman–Crippen MR) is 131 cm³/mol. The Morgan fingerprint density at radius 1 is 1.18 bits per heavy atom. The van der Waals surface area contributed by atoms with Crippen LogP contribution in [0.2, 0.25) is 0 Å². The number of likely N-dealkylation sites (N-methyl/N-ethyl adjacent to an activating group) is 1. The number of ketones is 2. The van der Waals surface area contributed by atoms with Crippen LogP contribution in [0, 0.1) is 11.8 Å². The molecule has 0 bridgehead atoms. The van der Waals surface area contributed by atoms with Crippen molar-refractivity contribution in [3.05, 3.63) is 58.1 Å². The summed E-state index contributed by atoms with van der Waals surface area (Å²) < 4.78 is 5.69. The summed E-state index contributed by atoms with van der Waals surface area (Å²) in [5, 5.41) is 56.2. The minimum atomic E-state index is -2.70. The van der Waals surface area contributed by atoms with E-state index in [-0.39, 0.29) is 35.5 Å². The number of nitrogens with two attached hydrogens (primary N) is 1. The molecule has 1 amide bonds. The number of aliphatic hydroxyl groups is 3. The maximum absolute atomic E-state index is 13.8. The minimum absolute atomic E-state index is 0.0264. The van der Waals surface area contributed by atoms with Gasteiger partial charge in [0.1, 0.15) is 40.6 Å². The fourth-order valence-electron chi connectivity index (χ4n) is 6.10. The van der Waals surface area contributed by atoms with Gasteiger partial charge in [-0.15, -0.1) is 0 Å². The number of Topliss-reactive ketones (excluding diaryl/α,β-unsaturated/α-hetero) is 2. The molecule has 12 heteroatoms. The lowest BCUT2D eigenvalue weighted by molar-refractivity contribution is -0.153. The van der Waals surface area contributed by atoms with Gasteiger partial charge in [-0.1, -0.05) is 5.16 Å². The average Bonchev–Trinajstić information content (AvgIpc) is 3.29. The van der Waals surface area contributed by atoms with E-state index in [0.29, 0.717) is 16.9 Å². The van der Waals surface area contributed by atoms with Crippen LogP contribution in [-0.4, -0.2) is 80.0 Å². The average molecular weight is 523 g/mol. The van der Waals surface area contributed by atoms with E-state index in [1.54, 1.807) is 18.2 Å². The van der Waals surface area contributed by atoms with Crippen molar-refractivity contribution in [1.29, 1.82) is 0 Å². The molecular formula is C26H25N3O9. The standard InChI is InChI=1S/C26H25N3O9/c1-29(2)20-14-8-10-7-13-12(16-6-3-11(38-16)9-28-37)4-5-15(30)18(13)21(31)17(10)23(33)26(14,36)24(34)19(22(20)32)25(27)35/h3-6,9-10,14,20,30-31,34,36-37H,7-8H2,1-2H3,(H2,27,35)/b28-9+/t10-,14-,20+,26-/m0/s1. The van der Waals surface area contributed by atoms with E-state index in [9.17, 15) is 34.8 Å². The van der Waals surface area contributed by atoms with E-state index in [4.69, 9.17) is 15.4 Å². The molecule has 4 atom stereocenters. The number of nitrogens with zero attached hydrogens (tertiary/aromatic N) is 2. The number of carbonyl (C=O) groups excluding carboxylic acids is 3. The number of hydrogen-bond acceptors (Lipinski definition) is 11. The molecule has 7 N–H and O–H groups in total. The van der Waals surface area contributed by atoms with Crippen molar-refractivity contribution in [2.45, 2.75) is 24.5 Å². The Hall–Kier alpha value is -4.42. The molecule has 5 rings (SSSR count). The Bertz CT molecular complexity index is 1500. The number of benzene rings is 1. The maximum atomic E-state index is 13.8. The normalized spacial score (nSPS) is 27.1.